The summed E-state index contributed by atoms with van der Waals surface area (Å²) < 4.78 is 49.7. The molecular weight excluding hydrogens is 129 g/mol. The zero-order chi connectivity index (χ0) is 10.7. The third-order valence-electron chi connectivity index (χ3n) is 0.358. The minimum absolute atomic E-state index is 0. The lowest BCUT2D eigenvalue weighted by Crippen LogP contribution is -1.89. The molecule has 0 aliphatic heterocycles. The van der Waals surface area contributed by atoms with Crippen molar-refractivity contribution >= 4 is 12.4 Å². The Kier molecular flexibility index (Phi) is 2.31. The van der Waals surface area contributed by atoms with Crippen LogP contribution in [0, 0.1) is 0 Å². The van der Waals surface area contributed by atoms with Gasteiger partial charge in [-0.05, 0) is 20.0 Å². The molecule has 0 heterocycles. The Hall–Kier alpha value is -0.0800. The molecule has 0 saturated carbocycles. The summed E-state index contributed by atoms with van der Waals surface area (Å²) in [4.78, 5) is 0. The van der Waals surface area contributed by atoms with Gasteiger partial charge in [-0.2, -0.15) is 0 Å². The number of nitrogens with one attached hydrogen (secondary N) is 1. The molecule has 8 heavy (non-hydrogen) atoms. The number of hydrogen-bond donors (Lipinski definition) is 1. The molecule has 0 amide bonds. The van der Waals surface area contributed by atoms with Gasteiger partial charge in [0.1, 0.15) is 5.83 Å². The molecule has 0 aromatic rings. The van der Waals surface area contributed by atoms with Crippen LogP contribution in [0.2, 0.25) is 0 Å². The van der Waals surface area contributed by atoms with Gasteiger partial charge in [-0.1, -0.05) is 0 Å². The number of hydrogen-bond acceptors (Lipinski definition) is 1. The maximum Gasteiger partial charge on any atom is 0.100 e. The van der Waals surface area contributed by atoms with Crippen molar-refractivity contribution in [1.82, 2.24) is 5.32 Å². The lowest BCUT2D eigenvalue weighted by Gasteiger charge is -1.59. The molecule has 3 heteroatoms. The van der Waals surface area contributed by atoms with Crippen LogP contribution in [-0.2, 0) is 0 Å². The van der Waals surface area contributed by atoms with Crippen LogP contribution in [0.4, 0.5) is 4.39 Å². The highest BCUT2D eigenvalue weighted by Crippen LogP contribution is 2.17. The molecule has 0 atom stereocenters. The first-order valence-electron chi connectivity index (χ1n) is 4.74. The average Bonchev–Trinajstić information content (AvgIpc) is 2.39. The van der Waals surface area contributed by atoms with Gasteiger partial charge in [-0.15, -0.1) is 12.4 Å². The topological polar surface area (TPSA) is 12.0 Å². The highest BCUT2D eigenvalue weighted by Gasteiger charge is 2.00. The van der Waals surface area contributed by atoms with E-state index in [-0.39, 0.29) is 18.2 Å². The third-order valence-corrected chi connectivity index (χ3v) is 0.358. The highest BCUT2D eigenvalue weighted by atomic mass is 35.5. The van der Waals surface area contributed by atoms with E-state index in [1.807, 2.05) is 0 Å². The molecule has 0 saturated heterocycles. The van der Waals surface area contributed by atoms with E-state index in [2.05, 4.69) is 0 Å². The summed E-state index contributed by atoms with van der Waals surface area (Å²) in [5.41, 5.74) is 0. The Bertz CT molecular complexity index is 185. The predicted molar refractivity (Wildman–Crippen MR) is 36.0 cm³/mol. The molecular formula is C5H11ClFN. The molecule has 0 spiro atoms. The largest absolute Gasteiger partial charge is 0.323 e. The van der Waals surface area contributed by atoms with E-state index in [1.165, 1.54) is 5.32 Å². The molecule has 0 aromatic carbocycles. The second-order valence-corrected chi connectivity index (χ2v) is 0.980. The van der Waals surface area contributed by atoms with Crippen LogP contribution < -0.4 is 5.32 Å². The molecule has 1 aliphatic rings. The van der Waals surface area contributed by atoms with Crippen LogP contribution in [0.15, 0.2) is 11.9 Å². The fourth-order valence-electron chi connectivity index (χ4n) is 0.0386. The van der Waals surface area contributed by atoms with Crippen molar-refractivity contribution in [2.24, 2.45) is 0 Å². The Morgan fingerprint density at radius 1 is 1.88 bits per heavy atom. The van der Waals surface area contributed by atoms with Crippen LogP contribution in [0.3, 0.4) is 0 Å². The Morgan fingerprint density at radius 2 is 2.25 bits per heavy atom. The summed E-state index contributed by atoms with van der Waals surface area (Å²) in [6.07, 6.45) is 2.15. The SMILES string of the molecule is Cl.FC1=CC1.[2H]C([2H])([2H])NC([2H])([2H])[2H]. The second-order valence-electron chi connectivity index (χ2n) is 0.980. The third kappa shape index (κ3) is 16.8. The average molecular weight is 146 g/mol. The van der Waals surface area contributed by atoms with E-state index < -0.39 is 14.0 Å². The van der Waals surface area contributed by atoms with Crippen molar-refractivity contribution in [2.75, 3.05) is 14.0 Å². The van der Waals surface area contributed by atoms with Crippen molar-refractivity contribution in [2.45, 2.75) is 6.42 Å². The van der Waals surface area contributed by atoms with Gasteiger partial charge in [-0.25, -0.2) is 4.39 Å². The quantitative estimate of drug-likeness (QED) is 0.545. The lowest BCUT2D eigenvalue weighted by atomic mass is 10.9. The van der Waals surface area contributed by atoms with Crippen LogP contribution in [-0.4, -0.2) is 14.0 Å². The van der Waals surface area contributed by atoms with Crippen LogP contribution >= 0.6 is 12.4 Å². The zero-order valence-corrected chi connectivity index (χ0v) is 4.89. The first kappa shape index (κ1) is 2.67. The van der Waals surface area contributed by atoms with Crippen molar-refractivity contribution in [3.05, 3.63) is 11.9 Å². The molecule has 0 aromatic heterocycles. The molecule has 0 fully saturated rings. The van der Waals surface area contributed by atoms with E-state index >= 15 is 0 Å². The summed E-state index contributed by atoms with van der Waals surface area (Å²) in [6.45, 7) is -5.16. The maximum atomic E-state index is 11.0. The lowest BCUT2D eigenvalue weighted by molar-refractivity contribution is 0.671. The number of halogens is 2. The fraction of sp³-hybridized carbons (Fsp3) is 0.600. The molecule has 1 N–H and O–H groups in total. The molecule has 1 nitrogen and oxygen atoms in total. The van der Waals surface area contributed by atoms with E-state index in [9.17, 15) is 4.39 Å². The summed E-state index contributed by atoms with van der Waals surface area (Å²) in [5.74, 6) is 0.0417. The van der Waals surface area contributed by atoms with Gasteiger partial charge < -0.3 is 5.32 Å². The van der Waals surface area contributed by atoms with Crippen molar-refractivity contribution < 1.29 is 12.6 Å². The standard InChI is InChI=1S/C3H3F.C2H7N.ClH/c4-3-1-2-3;1-3-2;/h1H,2H2;3H,1-2H3;1H/i;1D3,2D3;. The Labute approximate surface area is 63.8 Å². The van der Waals surface area contributed by atoms with Gasteiger partial charge in [0, 0.05) is 14.6 Å². The van der Waals surface area contributed by atoms with E-state index in [4.69, 9.17) is 8.22 Å². The number of allylic oxidation sites excluding steroid dienone is 2. The van der Waals surface area contributed by atoms with Crippen molar-refractivity contribution in [1.29, 1.82) is 0 Å². The zero-order valence-electron chi connectivity index (χ0n) is 10.1. The smallest absolute Gasteiger partial charge is 0.100 e. The Morgan fingerprint density at radius 3 is 2.25 bits per heavy atom. The first-order valence-corrected chi connectivity index (χ1v) is 1.74. The Balaban J connectivity index is 0. The van der Waals surface area contributed by atoms with Crippen LogP contribution in [0.1, 0.15) is 14.6 Å². The summed E-state index contributed by atoms with van der Waals surface area (Å²) in [5, 5.41) is 1.46. The highest BCUT2D eigenvalue weighted by molar-refractivity contribution is 5.85. The van der Waals surface area contributed by atoms with Crippen LogP contribution in [0.25, 0.3) is 0 Å². The summed E-state index contributed by atoms with van der Waals surface area (Å²) >= 11 is 0. The maximum absolute atomic E-state index is 11.0. The van der Waals surface area contributed by atoms with Crippen molar-refractivity contribution in [3.8, 4) is 0 Å². The van der Waals surface area contributed by atoms with Gasteiger partial charge in [-0.3, -0.25) is 0 Å². The monoisotopic (exact) mass is 145 g/mol. The van der Waals surface area contributed by atoms with Gasteiger partial charge in [0.05, 0.1) is 0 Å². The van der Waals surface area contributed by atoms with Crippen LogP contribution in [0.5, 0.6) is 0 Å². The minimum Gasteiger partial charge on any atom is -0.323 e. The van der Waals surface area contributed by atoms with Gasteiger partial charge >= 0.3 is 0 Å². The molecule has 1 aliphatic carbocycles. The minimum atomic E-state index is -2.58. The van der Waals surface area contributed by atoms with Gasteiger partial charge in [0.2, 0.25) is 0 Å². The fourth-order valence-corrected chi connectivity index (χ4v) is 0.0386. The van der Waals surface area contributed by atoms with E-state index in [1.54, 1.807) is 6.08 Å². The van der Waals surface area contributed by atoms with E-state index in [0.29, 0.717) is 6.42 Å². The van der Waals surface area contributed by atoms with Crippen molar-refractivity contribution in [3.63, 3.8) is 0 Å². The van der Waals surface area contributed by atoms with Gasteiger partial charge in [0.15, 0.2) is 0 Å². The molecule has 0 radical (unpaired) electrons. The second kappa shape index (κ2) is 6.92. The number of rotatable bonds is 0. The normalized spacial score (nSPS) is 26.4. The summed E-state index contributed by atoms with van der Waals surface area (Å²) in [7, 11) is 0. The molecule has 50 valence electrons. The summed E-state index contributed by atoms with van der Waals surface area (Å²) in [6, 6.07) is 0. The first-order chi connectivity index (χ1) is 5.60. The molecule has 0 bridgehead atoms. The molecule has 1 rings (SSSR count). The predicted octanol–water partition coefficient (Wildman–Crippen LogP) is 1.50. The molecule has 0 unspecified atom stereocenters. The van der Waals surface area contributed by atoms with E-state index in [0.717, 1.165) is 0 Å². The van der Waals surface area contributed by atoms with Gasteiger partial charge in [0.25, 0.3) is 0 Å².